The van der Waals surface area contributed by atoms with Crippen molar-refractivity contribution in [3.63, 3.8) is 0 Å². The molecule has 1 aliphatic heterocycles. The van der Waals surface area contributed by atoms with E-state index < -0.39 is 32.1 Å². The van der Waals surface area contributed by atoms with Crippen LogP contribution < -0.4 is 0 Å². The molecule has 0 aliphatic carbocycles. The first-order valence-corrected chi connectivity index (χ1v) is 8.61. The summed E-state index contributed by atoms with van der Waals surface area (Å²) in [7, 11) is -3.38. The van der Waals surface area contributed by atoms with Crippen LogP contribution in [0.2, 0.25) is 0 Å². The van der Waals surface area contributed by atoms with Gasteiger partial charge in [-0.05, 0) is 26.3 Å². The quantitative estimate of drug-likeness (QED) is 0.300. The number of hydrogen-bond acceptors (Lipinski definition) is 7. The molecular weight excluding hydrogens is 301 g/mol. The molecule has 0 aromatic heterocycles. The van der Waals surface area contributed by atoms with E-state index in [1.807, 2.05) is 0 Å². The van der Waals surface area contributed by atoms with Gasteiger partial charge >= 0.3 is 7.60 Å². The second-order valence-electron chi connectivity index (χ2n) is 4.31. The molecule has 1 heterocycles. The predicted molar refractivity (Wildman–Crippen MR) is 75.0 cm³/mol. The minimum atomic E-state index is -3.38. The number of hydrogen-bond donors (Lipinski definition) is 1. The Morgan fingerprint density at radius 1 is 1.29 bits per heavy atom. The Bertz CT molecular complexity index is 407. The highest BCUT2D eigenvalue weighted by molar-refractivity contribution is 7.53. The molecule has 9 nitrogen and oxygen atoms in total. The fraction of sp³-hybridized carbons (Fsp3) is 1.00. The monoisotopic (exact) mass is 323 g/mol. The van der Waals surface area contributed by atoms with Crippen LogP contribution in [0.5, 0.6) is 0 Å². The Labute approximate surface area is 123 Å². The van der Waals surface area contributed by atoms with E-state index in [-0.39, 0.29) is 19.4 Å². The minimum Gasteiger partial charge on any atom is -0.387 e. The van der Waals surface area contributed by atoms with Gasteiger partial charge in [-0.2, -0.15) is 0 Å². The molecule has 4 atom stereocenters. The van der Waals surface area contributed by atoms with Crippen LogP contribution >= 0.6 is 7.60 Å². The molecule has 1 fully saturated rings. The SMILES string of the molecule is CCO[C@H]1O[C@H](CP(=O)(OCC)OCC)[C@@H](N=[N+]=[N-])[C@@H]1O. The van der Waals surface area contributed by atoms with E-state index in [2.05, 4.69) is 10.0 Å². The van der Waals surface area contributed by atoms with Crippen LogP contribution in [0.4, 0.5) is 0 Å². The zero-order valence-corrected chi connectivity index (χ0v) is 13.3. The summed E-state index contributed by atoms with van der Waals surface area (Å²) in [5, 5.41) is 13.6. The molecule has 0 amide bonds. The van der Waals surface area contributed by atoms with E-state index in [0.717, 1.165) is 0 Å². The maximum absolute atomic E-state index is 12.5. The van der Waals surface area contributed by atoms with Gasteiger partial charge < -0.3 is 23.6 Å². The second-order valence-corrected chi connectivity index (χ2v) is 6.42. The molecule has 0 unspecified atom stereocenters. The maximum atomic E-state index is 12.5. The van der Waals surface area contributed by atoms with Crippen LogP contribution in [-0.4, -0.2) is 55.6 Å². The first-order valence-electron chi connectivity index (χ1n) is 6.88. The van der Waals surface area contributed by atoms with Gasteiger partial charge in [-0.15, -0.1) is 0 Å². The molecule has 122 valence electrons. The molecule has 0 aromatic carbocycles. The third-order valence-electron chi connectivity index (χ3n) is 2.89. The van der Waals surface area contributed by atoms with Crippen LogP contribution in [0.1, 0.15) is 20.8 Å². The summed E-state index contributed by atoms with van der Waals surface area (Å²) >= 11 is 0. The van der Waals surface area contributed by atoms with E-state index in [4.69, 9.17) is 24.1 Å². The van der Waals surface area contributed by atoms with Gasteiger partial charge in [-0.25, -0.2) is 0 Å². The van der Waals surface area contributed by atoms with Gasteiger partial charge in [0, 0.05) is 11.5 Å². The summed E-state index contributed by atoms with van der Waals surface area (Å²) in [6.45, 7) is 5.90. The fourth-order valence-electron chi connectivity index (χ4n) is 2.13. The van der Waals surface area contributed by atoms with Crippen molar-refractivity contribution in [2.24, 2.45) is 5.11 Å². The molecule has 1 rings (SSSR count). The topological polar surface area (TPSA) is 123 Å². The second kappa shape index (κ2) is 8.70. The first-order chi connectivity index (χ1) is 10.0. The van der Waals surface area contributed by atoms with Crippen molar-refractivity contribution >= 4 is 7.60 Å². The molecule has 21 heavy (non-hydrogen) atoms. The molecule has 0 radical (unpaired) electrons. The van der Waals surface area contributed by atoms with Crippen LogP contribution in [0.25, 0.3) is 10.4 Å². The van der Waals surface area contributed by atoms with Crippen LogP contribution in [0.3, 0.4) is 0 Å². The summed E-state index contributed by atoms with van der Waals surface area (Å²) < 4.78 is 33.6. The molecule has 1 aliphatic rings. The maximum Gasteiger partial charge on any atom is 0.333 e. The van der Waals surface area contributed by atoms with E-state index in [1.165, 1.54) is 0 Å². The van der Waals surface area contributed by atoms with Crippen molar-refractivity contribution in [1.29, 1.82) is 0 Å². The molecule has 0 spiro atoms. The standard InChI is InChI=1S/C11H22N3O6P/c1-4-17-11-10(15)9(13-14-12)8(20-11)7-21(16,18-5-2)19-6-3/h8-11,15H,4-7H2,1-3H3/t8-,9-,10+,11+/m1/s1. The van der Waals surface area contributed by atoms with E-state index >= 15 is 0 Å². The Hall–Kier alpha value is -0.660. The lowest BCUT2D eigenvalue weighted by molar-refractivity contribution is -0.159. The number of nitrogens with zero attached hydrogens (tertiary/aromatic N) is 3. The zero-order chi connectivity index (χ0) is 15.9. The zero-order valence-electron chi connectivity index (χ0n) is 12.4. The lowest BCUT2D eigenvalue weighted by atomic mass is 10.1. The van der Waals surface area contributed by atoms with E-state index in [9.17, 15) is 9.67 Å². The van der Waals surface area contributed by atoms with Crippen LogP contribution in [-0.2, 0) is 23.1 Å². The molecule has 1 N–H and O–H groups in total. The Balaban J connectivity index is 2.87. The number of ether oxygens (including phenoxy) is 2. The third-order valence-corrected chi connectivity index (χ3v) is 5.00. The normalized spacial score (nSPS) is 29.3. The number of rotatable bonds is 9. The highest BCUT2D eigenvalue weighted by Gasteiger charge is 2.47. The van der Waals surface area contributed by atoms with Gasteiger partial charge in [0.2, 0.25) is 0 Å². The Kier molecular flexibility index (Phi) is 7.62. The summed E-state index contributed by atoms with van der Waals surface area (Å²) in [4.78, 5) is 2.69. The predicted octanol–water partition coefficient (Wildman–Crippen LogP) is 2.05. The lowest BCUT2D eigenvalue weighted by Gasteiger charge is -2.22. The van der Waals surface area contributed by atoms with Crippen molar-refractivity contribution < 1.29 is 28.2 Å². The van der Waals surface area contributed by atoms with Crippen molar-refractivity contribution in [1.82, 2.24) is 0 Å². The smallest absolute Gasteiger partial charge is 0.333 e. The van der Waals surface area contributed by atoms with Gasteiger partial charge in [0.15, 0.2) is 6.29 Å². The average molecular weight is 323 g/mol. The lowest BCUT2D eigenvalue weighted by Crippen LogP contribution is -2.33. The Morgan fingerprint density at radius 2 is 1.90 bits per heavy atom. The summed E-state index contributed by atoms with van der Waals surface area (Å²) in [5.41, 5.74) is 8.60. The Morgan fingerprint density at radius 3 is 2.38 bits per heavy atom. The molecular formula is C11H22N3O6P. The van der Waals surface area contributed by atoms with Crippen molar-refractivity contribution in [3.05, 3.63) is 10.4 Å². The molecule has 1 saturated heterocycles. The fourth-order valence-corrected chi connectivity index (χ4v) is 3.94. The van der Waals surface area contributed by atoms with Gasteiger partial charge in [-0.3, -0.25) is 4.57 Å². The molecule has 10 heteroatoms. The highest BCUT2D eigenvalue weighted by atomic mass is 31.2. The van der Waals surface area contributed by atoms with Gasteiger partial charge in [0.1, 0.15) is 6.10 Å². The molecule has 0 aromatic rings. The van der Waals surface area contributed by atoms with Crippen molar-refractivity contribution in [2.45, 2.75) is 45.3 Å². The summed E-state index contributed by atoms with van der Waals surface area (Å²) in [6, 6.07) is -0.902. The largest absolute Gasteiger partial charge is 0.387 e. The summed E-state index contributed by atoms with van der Waals surface area (Å²) in [5.74, 6) is 0. The molecule has 0 saturated carbocycles. The van der Waals surface area contributed by atoms with Crippen molar-refractivity contribution in [3.8, 4) is 0 Å². The summed E-state index contributed by atoms with van der Waals surface area (Å²) in [6.07, 6.45) is -2.95. The van der Waals surface area contributed by atoms with Gasteiger partial charge in [0.25, 0.3) is 0 Å². The minimum absolute atomic E-state index is 0.112. The van der Waals surface area contributed by atoms with E-state index in [1.54, 1.807) is 20.8 Å². The number of azide groups is 1. The highest BCUT2D eigenvalue weighted by Crippen LogP contribution is 2.50. The van der Waals surface area contributed by atoms with Gasteiger partial charge in [0.05, 0.1) is 31.5 Å². The number of aliphatic hydroxyl groups excluding tert-OH is 1. The first kappa shape index (κ1) is 18.4. The average Bonchev–Trinajstić information content (AvgIpc) is 2.69. The van der Waals surface area contributed by atoms with Gasteiger partial charge in [-0.1, -0.05) is 5.11 Å². The van der Waals surface area contributed by atoms with Crippen LogP contribution in [0.15, 0.2) is 5.11 Å². The molecule has 0 bridgehead atoms. The van der Waals surface area contributed by atoms with E-state index in [0.29, 0.717) is 6.61 Å². The third kappa shape index (κ3) is 4.93. The van der Waals surface area contributed by atoms with Crippen LogP contribution in [0, 0.1) is 0 Å². The van der Waals surface area contributed by atoms with Crippen molar-refractivity contribution in [2.75, 3.05) is 26.0 Å². The number of aliphatic hydroxyl groups is 1.